The van der Waals surface area contributed by atoms with Crippen LogP contribution in [0.1, 0.15) is 51.9 Å². The van der Waals surface area contributed by atoms with E-state index in [1.54, 1.807) is 42.5 Å². The summed E-state index contributed by atoms with van der Waals surface area (Å²) in [6.45, 7) is 2.57. The van der Waals surface area contributed by atoms with E-state index in [0.29, 0.717) is 12.1 Å². The molecule has 228 valence electrons. The quantitative estimate of drug-likeness (QED) is 0.161. The summed E-state index contributed by atoms with van der Waals surface area (Å²) in [5.41, 5.74) is 6.44. The highest BCUT2D eigenvalue weighted by Gasteiger charge is 2.38. The van der Waals surface area contributed by atoms with Crippen LogP contribution in [0, 0.1) is 5.92 Å². The highest BCUT2D eigenvalue weighted by Crippen LogP contribution is 2.43. The molecule has 3 aromatic carbocycles. The fraction of sp³-hybridized carbons (Fsp3) is 0.216. The fourth-order valence-corrected chi connectivity index (χ4v) is 6.44. The Labute approximate surface area is 267 Å². The SMILES string of the molecule is C[C@H]1[C@@H](CSc2ccccn2)O[C@@H](c2cccc(-c3cccc(CNC(=O)c4cccnc4)c3)c2)O[C@H]1c1ccc(CO)cc1. The second kappa shape index (κ2) is 14.6. The molecule has 8 heteroatoms. The fourth-order valence-electron chi connectivity index (χ4n) is 5.42. The van der Waals surface area contributed by atoms with E-state index >= 15 is 0 Å². The van der Waals surface area contributed by atoms with Gasteiger partial charge in [-0.1, -0.05) is 73.7 Å². The Morgan fingerprint density at radius 3 is 2.42 bits per heavy atom. The summed E-state index contributed by atoms with van der Waals surface area (Å²) < 4.78 is 13.3. The van der Waals surface area contributed by atoms with Crippen molar-refractivity contribution in [1.29, 1.82) is 0 Å². The van der Waals surface area contributed by atoms with Gasteiger partial charge in [-0.25, -0.2) is 4.98 Å². The van der Waals surface area contributed by atoms with Gasteiger partial charge in [0.25, 0.3) is 5.91 Å². The molecule has 0 aliphatic carbocycles. The van der Waals surface area contributed by atoms with Crippen LogP contribution in [-0.2, 0) is 22.6 Å². The number of aliphatic hydroxyl groups excluding tert-OH is 1. The highest BCUT2D eigenvalue weighted by molar-refractivity contribution is 7.99. The maximum absolute atomic E-state index is 12.5. The van der Waals surface area contributed by atoms with Crippen LogP contribution in [-0.4, -0.2) is 32.8 Å². The molecule has 45 heavy (non-hydrogen) atoms. The molecular weight excluding hydrogens is 582 g/mol. The number of carbonyl (C=O) groups excluding carboxylic acids is 1. The number of aliphatic hydroxyl groups is 1. The van der Waals surface area contributed by atoms with Crippen molar-refractivity contribution in [3.8, 4) is 11.1 Å². The third kappa shape index (κ3) is 7.67. The number of rotatable bonds is 10. The summed E-state index contributed by atoms with van der Waals surface area (Å²) >= 11 is 1.68. The lowest BCUT2D eigenvalue weighted by Crippen LogP contribution is -2.38. The Kier molecular flexibility index (Phi) is 9.97. The molecule has 5 aromatic rings. The van der Waals surface area contributed by atoms with Gasteiger partial charge in [-0.2, -0.15) is 0 Å². The lowest BCUT2D eigenvalue weighted by molar-refractivity contribution is -0.268. The zero-order chi connectivity index (χ0) is 31.0. The van der Waals surface area contributed by atoms with Gasteiger partial charge in [-0.3, -0.25) is 9.78 Å². The maximum Gasteiger partial charge on any atom is 0.253 e. The van der Waals surface area contributed by atoms with Gasteiger partial charge >= 0.3 is 0 Å². The minimum absolute atomic E-state index is 0.00129. The lowest BCUT2D eigenvalue weighted by Gasteiger charge is -2.41. The molecule has 0 unspecified atom stereocenters. The van der Waals surface area contributed by atoms with Crippen molar-refractivity contribution in [2.24, 2.45) is 5.92 Å². The highest BCUT2D eigenvalue weighted by atomic mass is 32.2. The zero-order valence-corrected chi connectivity index (χ0v) is 25.8. The molecule has 2 N–H and O–H groups in total. The minimum Gasteiger partial charge on any atom is -0.392 e. The van der Waals surface area contributed by atoms with Crippen molar-refractivity contribution in [1.82, 2.24) is 15.3 Å². The molecule has 2 aromatic heterocycles. The van der Waals surface area contributed by atoms with Crippen LogP contribution >= 0.6 is 11.8 Å². The summed E-state index contributed by atoms with van der Waals surface area (Å²) in [5, 5.41) is 13.5. The molecule has 0 saturated carbocycles. The van der Waals surface area contributed by atoms with E-state index in [2.05, 4.69) is 46.5 Å². The second-order valence-corrected chi connectivity index (χ2v) is 12.1. The first kappa shape index (κ1) is 30.7. The normalized spacial score (nSPS) is 19.6. The van der Waals surface area contributed by atoms with Crippen molar-refractivity contribution in [2.75, 3.05) is 5.75 Å². The Morgan fingerprint density at radius 1 is 0.844 bits per heavy atom. The van der Waals surface area contributed by atoms with E-state index in [0.717, 1.165) is 44.2 Å². The Balaban J connectivity index is 1.22. The molecule has 1 amide bonds. The number of aromatic nitrogens is 2. The first-order valence-electron chi connectivity index (χ1n) is 15.0. The Bertz CT molecular complexity index is 1700. The van der Waals surface area contributed by atoms with Crippen LogP contribution in [0.15, 0.2) is 127 Å². The largest absolute Gasteiger partial charge is 0.392 e. The summed E-state index contributed by atoms with van der Waals surface area (Å²) in [4.78, 5) is 21.0. The molecule has 0 bridgehead atoms. The minimum atomic E-state index is -0.569. The molecule has 7 nitrogen and oxygen atoms in total. The van der Waals surface area contributed by atoms with E-state index in [4.69, 9.17) is 9.47 Å². The van der Waals surface area contributed by atoms with Gasteiger partial charge in [0.2, 0.25) is 0 Å². The van der Waals surface area contributed by atoms with Crippen LogP contribution in [0.3, 0.4) is 0 Å². The lowest BCUT2D eigenvalue weighted by atomic mass is 9.91. The van der Waals surface area contributed by atoms with Crippen LogP contribution < -0.4 is 5.32 Å². The number of benzene rings is 3. The average Bonchev–Trinajstić information content (AvgIpc) is 3.11. The van der Waals surface area contributed by atoms with Crippen molar-refractivity contribution in [3.05, 3.63) is 150 Å². The van der Waals surface area contributed by atoms with E-state index in [1.807, 2.05) is 66.7 Å². The molecule has 1 saturated heterocycles. The van der Waals surface area contributed by atoms with Crippen LogP contribution in [0.5, 0.6) is 0 Å². The molecule has 0 spiro atoms. The van der Waals surface area contributed by atoms with Gasteiger partial charge < -0.3 is 19.9 Å². The molecule has 0 radical (unpaired) electrons. The summed E-state index contributed by atoms with van der Waals surface area (Å²) in [6.07, 6.45) is 4.16. The molecule has 4 atom stereocenters. The number of hydrogen-bond acceptors (Lipinski definition) is 7. The molecule has 1 aliphatic rings. The maximum atomic E-state index is 12.5. The standard InChI is InChI=1S/C37H35N3O4S/c1-25-33(24-45-34-12-2-3-18-39-34)43-37(44-35(25)28-15-13-26(23-41)14-16-28)31-10-5-9-30(20-31)29-8-4-7-27(19-29)21-40-36(42)32-11-6-17-38-22-32/h2-20,22,25,33,35,37,41H,21,23-24H2,1H3,(H,40,42)/t25-,33+,35+,37+/m0/s1. The van der Waals surface area contributed by atoms with Crippen LogP contribution in [0.25, 0.3) is 11.1 Å². The number of hydrogen-bond donors (Lipinski definition) is 2. The predicted octanol–water partition coefficient (Wildman–Crippen LogP) is 7.15. The summed E-state index contributed by atoms with van der Waals surface area (Å²) in [6, 6.07) is 33.8. The Morgan fingerprint density at radius 2 is 1.67 bits per heavy atom. The van der Waals surface area contributed by atoms with Crippen LogP contribution in [0.2, 0.25) is 0 Å². The molecule has 6 rings (SSSR count). The first-order valence-corrected chi connectivity index (χ1v) is 16.0. The van der Waals surface area contributed by atoms with Crippen molar-refractivity contribution < 1.29 is 19.4 Å². The van der Waals surface area contributed by atoms with E-state index in [-0.39, 0.29) is 30.6 Å². The van der Waals surface area contributed by atoms with Gasteiger partial charge in [-0.05, 0) is 64.2 Å². The third-order valence-electron chi connectivity index (χ3n) is 7.95. The number of thioether (sulfide) groups is 1. The van der Waals surface area contributed by atoms with Crippen LogP contribution in [0.4, 0.5) is 0 Å². The van der Waals surface area contributed by atoms with E-state index < -0.39 is 6.29 Å². The van der Waals surface area contributed by atoms with Gasteiger partial charge in [0.15, 0.2) is 6.29 Å². The number of nitrogens with zero attached hydrogens (tertiary/aromatic N) is 2. The molecular formula is C37H35N3O4S. The summed E-state index contributed by atoms with van der Waals surface area (Å²) in [7, 11) is 0. The summed E-state index contributed by atoms with van der Waals surface area (Å²) in [5.74, 6) is 0.655. The predicted molar refractivity (Wildman–Crippen MR) is 175 cm³/mol. The smallest absolute Gasteiger partial charge is 0.253 e. The number of nitrogens with one attached hydrogen (secondary N) is 1. The second-order valence-electron chi connectivity index (χ2n) is 11.1. The van der Waals surface area contributed by atoms with Gasteiger partial charge in [0.1, 0.15) is 0 Å². The number of pyridine rings is 2. The zero-order valence-electron chi connectivity index (χ0n) is 25.0. The number of amides is 1. The third-order valence-corrected chi connectivity index (χ3v) is 8.98. The van der Waals surface area contributed by atoms with E-state index in [9.17, 15) is 9.90 Å². The molecule has 1 fully saturated rings. The Hall–Kier alpha value is -4.34. The van der Waals surface area contributed by atoms with E-state index in [1.165, 1.54) is 0 Å². The number of ether oxygens (including phenoxy) is 2. The van der Waals surface area contributed by atoms with Gasteiger partial charge in [-0.15, -0.1) is 11.8 Å². The first-order chi connectivity index (χ1) is 22.1. The molecule has 3 heterocycles. The van der Waals surface area contributed by atoms with Crippen molar-refractivity contribution >= 4 is 17.7 Å². The molecule has 1 aliphatic heterocycles. The average molecular weight is 618 g/mol. The van der Waals surface area contributed by atoms with Gasteiger partial charge in [0, 0.05) is 42.4 Å². The van der Waals surface area contributed by atoms with Crippen molar-refractivity contribution in [2.45, 2.75) is 43.6 Å². The van der Waals surface area contributed by atoms with Gasteiger partial charge in [0.05, 0.1) is 29.4 Å². The topological polar surface area (TPSA) is 93.6 Å². The number of carbonyl (C=O) groups is 1. The monoisotopic (exact) mass is 617 g/mol. The van der Waals surface area contributed by atoms with Crippen molar-refractivity contribution in [3.63, 3.8) is 0 Å².